The van der Waals surface area contributed by atoms with E-state index in [1.54, 1.807) is 6.92 Å². The Balaban J connectivity index is 1.84. The number of aromatic carboxylic acids is 1. The van der Waals surface area contributed by atoms with E-state index in [1.807, 2.05) is 0 Å². The maximum atomic E-state index is 12.3. The third-order valence-electron chi connectivity index (χ3n) is 4.63. The average Bonchev–Trinajstić information content (AvgIpc) is 2.99. The zero-order valence-electron chi connectivity index (χ0n) is 14.6. The molecule has 3 N–H and O–H groups in total. The van der Waals surface area contributed by atoms with E-state index >= 15 is 0 Å². The lowest BCUT2D eigenvalue weighted by Gasteiger charge is -2.33. The van der Waals surface area contributed by atoms with Crippen molar-refractivity contribution in [3.8, 4) is 0 Å². The fraction of sp³-hybridized carbons (Fsp3) is 0.529. The van der Waals surface area contributed by atoms with Gasteiger partial charge in [0.2, 0.25) is 5.91 Å². The lowest BCUT2D eigenvalue weighted by molar-refractivity contribution is -0.125. The van der Waals surface area contributed by atoms with Gasteiger partial charge >= 0.3 is 5.97 Å². The van der Waals surface area contributed by atoms with E-state index in [4.69, 9.17) is 5.11 Å². The number of nitrogens with one attached hydrogen (secondary N) is 1. The summed E-state index contributed by atoms with van der Waals surface area (Å²) < 4.78 is 0. The van der Waals surface area contributed by atoms with Gasteiger partial charge in [-0.05, 0) is 31.7 Å². The van der Waals surface area contributed by atoms with Crippen LogP contribution in [-0.4, -0.2) is 58.3 Å². The number of aliphatic hydroxyl groups is 1. The van der Waals surface area contributed by atoms with Crippen molar-refractivity contribution in [3.05, 3.63) is 16.8 Å². The van der Waals surface area contributed by atoms with Gasteiger partial charge in [-0.25, -0.2) is 14.8 Å². The highest BCUT2D eigenvalue weighted by atomic mass is 32.1. The summed E-state index contributed by atoms with van der Waals surface area (Å²) in [7, 11) is 0. The van der Waals surface area contributed by atoms with Crippen LogP contribution in [0.25, 0.3) is 10.2 Å². The highest BCUT2D eigenvalue weighted by Gasteiger charge is 2.29. The highest BCUT2D eigenvalue weighted by Crippen LogP contribution is 2.36. The number of aromatic nitrogens is 2. The number of aliphatic hydroxyl groups excluding tert-OH is 1. The number of amides is 1. The minimum atomic E-state index is -0.962. The van der Waals surface area contributed by atoms with Crippen molar-refractivity contribution in [2.24, 2.45) is 5.92 Å². The Bertz CT molecular complexity index is 822. The molecule has 3 heterocycles. The fourth-order valence-electron chi connectivity index (χ4n) is 3.32. The van der Waals surface area contributed by atoms with Crippen LogP contribution in [0.1, 0.15) is 34.5 Å². The Kier molecular flexibility index (Phi) is 5.67. The lowest BCUT2D eigenvalue weighted by Crippen LogP contribution is -2.43. The standard InChI is InChI=1S/C17H22N4O4S/c1-10-12-14(19-9-20-16(12)26-13(10)17(24)25)21-6-2-4-11(8-21)15(23)18-5-3-7-22/h9,11,22H,2-8H2,1H3,(H,18,23)(H,24,25). The van der Waals surface area contributed by atoms with Crippen LogP contribution >= 0.6 is 11.3 Å². The molecule has 1 aliphatic rings. The molecule has 1 saturated heterocycles. The largest absolute Gasteiger partial charge is 0.477 e. The summed E-state index contributed by atoms with van der Waals surface area (Å²) in [5, 5.41) is 21.8. The molecule has 0 saturated carbocycles. The quantitative estimate of drug-likeness (QED) is 0.651. The Labute approximate surface area is 154 Å². The predicted molar refractivity (Wildman–Crippen MR) is 98.8 cm³/mol. The lowest BCUT2D eigenvalue weighted by atomic mass is 9.96. The van der Waals surface area contributed by atoms with Crippen molar-refractivity contribution in [1.29, 1.82) is 0 Å². The number of aryl methyl sites for hydroxylation is 1. The van der Waals surface area contributed by atoms with E-state index < -0.39 is 5.97 Å². The minimum absolute atomic E-state index is 0.0123. The minimum Gasteiger partial charge on any atom is -0.477 e. The highest BCUT2D eigenvalue weighted by molar-refractivity contribution is 7.20. The summed E-state index contributed by atoms with van der Waals surface area (Å²) in [5.74, 6) is -0.424. The number of piperidine rings is 1. The van der Waals surface area contributed by atoms with Crippen molar-refractivity contribution in [3.63, 3.8) is 0 Å². The van der Waals surface area contributed by atoms with E-state index in [0.717, 1.165) is 36.1 Å². The maximum Gasteiger partial charge on any atom is 0.346 e. The van der Waals surface area contributed by atoms with Crippen LogP contribution in [0.15, 0.2) is 6.33 Å². The van der Waals surface area contributed by atoms with Gasteiger partial charge < -0.3 is 20.4 Å². The second kappa shape index (κ2) is 7.96. The monoisotopic (exact) mass is 378 g/mol. The second-order valence-corrected chi connectivity index (χ2v) is 7.39. The molecular weight excluding hydrogens is 356 g/mol. The van der Waals surface area contributed by atoms with Crippen molar-refractivity contribution in [1.82, 2.24) is 15.3 Å². The molecule has 1 unspecified atom stereocenters. The van der Waals surface area contributed by atoms with Crippen LogP contribution in [0, 0.1) is 12.8 Å². The van der Waals surface area contributed by atoms with Crippen LogP contribution in [0.3, 0.4) is 0 Å². The normalized spacial score (nSPS) is 17.5. The first-order valence-electron chi connectivity index (χ1n) is 8.63. The molecule has 2 aromatic rings. The molecule has 1 atom stereocenters. The molecule has 26 heavy (non-hydrogen) atoms. The van der Waals surface area contributed by atoms with Gasteiger partial charge in [0, 0.05) is 26.2 Å². The summed E-state index contributed by atoms with van der Waals surface area (Å²) in [5.41, 5.74) is 0.669. The van der Waals surface area contributed by atoms with Gasteiger partial charge in [0.25, 0.3) is 0 Å². The molecule has 0 radical (unpaired) electrons. The molecule has 140 valence electrons. The van der Waals surface area contributed by atoms with Gasteiger partial charge in [0.05, 0.1) is 11.3 Å². The second-order valence-electron chi connectivity index (χ2n) is 6.39. The van der Waals surface area contributed by atoms with Gasteiger partial charge in [-0.3, -0.25) is 4.79 Å². The molecule has 1 amide bonds. The van der Waals surface area contributed by atoms with E-state index in [1.165, 1.54) is 6.33 Å². The average molecular weight is 378 g/mol. The first-order valence-corrected chi connectivity index (χ1v) is 9.45. The van der Waals surface area contributed by atoms with Gasteiger partial charge in [0.15, 0.2) is 0 Å². The molecule has 0 aromatic carbocycles. The van der Waals surface area contributed by atoms with E-state index in [0.29, 0.717) is 35.7 Å². The molecule has 1 aliphatic heterocycles. The molecule has 0 aliphatic carbocycles. The maximum absolute atomic E-state index is 12.3. The molecule has 1 fully saturated rings. The molecular formula is C17H22N4O4S. The number of anilines is 1. The van der Waals surface area contributed by atoms with Crippen LogP contribution in [0.2, 0.25) is 0 Å². The van der Waals surface area contributed by atoms with Crippen LogP contribution in [0.5, 0.6) is 0 Å². The number of carbonyl (C=O) groups is 2. The molecule has 8 nitrogen and oxygen atoms in total. The molecule has 9 heteroatoms. The smallest absolute Gasteiger partial charge is 0.346 e. The molecule has 3 rings (SSSR count). The number of nitrogens with zero attached hydrogens (tertiary/aromatic N) is 3. The van der Waals surface area contributed by atoms with Crippen LogP contribution < -0.4 is 10.2 Å². The van der Waals surface area contributed by atoms with Gasteiger partial charge in [-0.15, -0.1) is 11.3 Å². The van der Waals surface area contributed by atoms with Crippen molar-refractivity contribution in [2.45, 2.75) is 26.2 Å². The third kappa shape index (κ3) is 3.63. The summed E-state index contributed by atoms with van der Waals surface area (Å²) >= 11 is 1.15. The Hall–Kier alpha value is -2.26. The van der Waals surface area contributed by atoms with Crippen molar-refractivity contribution in [2.75, 3.05) is 31.1 Å². The predicted octanol–water partition coefficient (Wildman–Crippen LogP) is 1.41. The summed E-state index contributed by atoms with van der Waals surface area (Å²) in [6.07, 6.45) is 3.65. The molecule has 0 bridgehead atoms. The van der Waals surface area contributed by atoms with Gasteiger partial charge in [-0.1, -0.05) is 0 Å². The number of carboxylic acid groups (broad SMARTS) is 1. The third-order valence-corrected chi connectivity index (χ3v) is 5.81. The van der Waals surface area contributed by atoms with Crippen LogP contribution in [0.4, 0.5) is 5.82 Å². The zero-order valence-corrected chi connectivity index (χ0v) is 15.4. The van der Waals surface area contributed by atoms with Crippen molar-refractivity contribution < 1.29 is 19.8 Å². The zero-order chi connectivity index (χ0) is 18.7. The number of hydrogen-bond donors (Lipinski definition) is 3. The Morgan fingerprint density at radius 2 is 2.23 bits per heavy atom. The number of hydrogen-bond acceptors (Lipinski definition) is 7. The summed E-state index contributed by atoms with van der Waals surface area (Å²) in [6.45, 7) is 3.60. The number of carboxylic acids is 1. The number of thiophene rings is 1. The fourth-order valence-corrected chi connectivity index (χ4v) is 4.30. The number of carbonyl (C=O) groups excluding carboxylic acids is 1. The van der Waals surface area contributed by atoms with Gasteiger partial charge in [-0.2, -0.15) is 0 Å². The first-order chi connectivity index (χ1) is 12.5. The summed E-state index contributed by atoms with van der Waals surface area (Å²) in [6, 6.07) is 0. The summed E-state index contributed by atoms with van der Waals surface area (Å²) in [4.78, 5) is 35.4. The molecule has 0 spiro atoms. The van der Waals surface area contributed by atoms with E-state index in [9.17, 15) is 14.7 Å². The van der Waals surface area contributed by atoms with Crippen LogP contribution in [-0.2, 0) is 4.79 Å². The van der Waals surface area contributed by atoms with E-state index in [-0.39, 0.29) is 23.3 Å². The molecule has 2 aromatic heterocycles. The van der Waals surface area contributed by atoms with Gasteiger partial charge in [0.1, 0.15) is 21.9 Å². The van der Waals surface area contributed by atoms with Crippen molar-refractivity contribution >= 4 is 39.2 Å². The Morgan fingerprint density at radius 3 is 2.96 bits per heavy atom. The number of rotatable bonds is 6. The SMILES string of the molecule is Cc1c(C(=O)O)sc2ncnc(N3CCCC(C(=O)NCCCO)C3)c12. The Morgan fingerprint density at radius 1 is 1.42 bits per heavy atom. The topological polar surface area (TPSA) is 116 Å². The van der Waals surface area contributed by atoms with E-state index in [2.05, 4.69) is 20.2 Å². The first kappa shape index (κ1) is 18.5. The number of fused-ring (bicyclic) bond motifs is 1.